The molecule has 0 saturated heterocycles. The molecule has 0 amide bonds. The van der Waals surface area contributed by atoms with Crippen LogP contribution in [-0.2, 0) is 6.18 Å². The second-order valence-electron chi connectivity index (χ2n) is 5.73. The van der Waals surface area contributed by atoms with Crippen molar-refractivity contribution < 1.29 is 18.0 Å². The Morgan fingerprint density at radius 1 is 0.963 bits per heavy atom. The number of aromatic nitrogens is 2. The zero-order chi connectivity index (χ0) is 19.4. The largest absolute Gasteiger partial charge is 0.416 e. The van der Waals surface area contributed by atoms with Crippen LogP contribution < -0.4 is 10.6 Å². The molecule has 3 aromatic rings. The number of carbonyl (C=O) groups is 1. The Bertz CT molecular complexity index is 973. The average molecular weight is 372 g/mol. The van der Waals surface area contributed by atoms with Crippen LogP contribution in [0, 0.1) is 0 Å². The van der Waals surface area contributed by atoms with Gasteiger partial charge in [0.1, 0.15) is 5.82 Å². The number of alkyl halides is 3. The molecule has 138 valence electrons. The number of halogens is 3. The molecule has 0 radical (unpaired) electrons. The number of Topliss-reactive ketones (excluding diaryl/α,β-unsaturated/α-hetero) is 1. The predicted molar refractivity (Wildman–Crippen MR) is 96.5 cm³/mol. The molecule has 0 fully saturated rings. The molecule has 8 heteroatoms. The van der Waals surface area contributed by atoms with Crippen LogP contribution in [0.1, 0.15) is 22.8 Å². The summed E-state index contributed by atoms with van der Waals surface area (Å²) in [6.07, 6.45) is -2.95. The number of nitrogens with zero attached hydrogens (tertiary/aromatic N) is 2. The van der Waals surface area contributed by atoms with Gasteiger partial charge in [0.2, 0.25) is 5.95 Å². The summed E-state index contributed by atoms with van der Waals surface area (Å²) in [5.74, 6) is 0.502. The van der Waals surface area contributed by atoms with E-state index in [9.17, 15) is 18.0 Å². The van der Waals surface area contributed by atoms with Crippen LogP contribution in [0.4, 0.5) is 36.3 Å². The molecule has 0 bridgehead atoms. The maximum Gasteiger partial charge on any atom is 0.416 e. The standard InChI is InChI=1S/C19H15F3N4O/c1-12(27)13-4-2-6-15(10-13)25-18-23-9-8-17(26-18)24-16-7-3-5-14(11-16)19(20,21)22/h2-11H,1H3,(H2,23,24,25,26). The molecule has 27 heavy (non-hydrogen) atoms. The van der Waals surface area contributed by atoms with E-state index in [1.54, 1.807) is 24.3 Å². The lowest BCUT2D eigenvalue weighted by Gasteiger charge is -2.11. The summed E-state index contributed by atoms with van der Waals surface area (Å²) in [6, 6.07) is 13.2. The molecule has 3 rings (SSSR count). The summed E-state index contributed by atoms with van der Waals surface area (Å²) in [5, 5.41) is 5.79. The minimum Gasteiger partial charge on any atom is -0.340 e. The van der Waals surface area contributed by atoms with Gasteiger partial charge in [0.15, 0.2) is 5.78 Å². The Balaban J connectivity index is 1.78. The zero-order valence-electron chi connectivity index (χ0n) is 14.2. The second-order valence-corrected chi connectivity index (χ2v) is 5.73. The number of anilines is 4. The molecule has 0 unspecified atom stereocenters. The summed E-state index contributed by atoms with van der Waals surface area (Å²) in [5.41, 5.74) is 0.672. The van der Waals surface area contributed by atoms with Crippen molar-refractivity contribution in [2.45, 2.75) is 13.1 Å². The Morgan fingerprint density at radius 2 is 1.67 bits per heavy atom. The lowest BCUT2D eigenvalue weighted by atomic mass is 10.1. The fraction of sp³-hybridized carbons (Fsp3) is 0.105. The molecule has 1 heterocycles. The van der Waals surface area contributed by atoms with E-state index in [4.69, 9.17) is 0 Å². The van der Waals surface area contributed by atoms with Crippen LogP contribution >= 0.6 is 0 Å². The number of nitrogens with one attached hydrogen (secondary N) is 2. The van der Waals surface area contributed by atoms with Gasteiger partial charge in [0.05, 0.1) is 5.56 Å². The summed E-state index contributed by atoms with van der Waals surface area (Å²) in [6.45, 7) is 1.47. The van der Waals surface area contributed by atoms with Crippen molar-refractivity contribution in [3.8, 4) is 0 Å². The van der Waals surface area contributed by atoms with Crippen LogP contribution in [0.2, 0.25) is 0 Å². The molecule has 2 aromatic carbocycles. The summed E-state index contributed by atoms with van der Waals surface area (Å²) in [7, 11) is 0. The van der Waals surface area contributed by atoms with Crippen LogP contribution in [0.15, 0.2) is 60.8 Å². The third-order valence-electron chi connectivity index (χ3n) is 3.64. The number of carbonyl (C=O) groups excluding carboxylic acids is 1. The first-order valence-electron chi connectivity index (χ1n) is 7.96. The van der Waals surface area contributed by atoms with Crippen molar-refractivity contribution in [2.24, 2.45) is 0 Å². The van der Waals surface area contributed by atoms with Gasteiger partial charge in [-0.2, -0.15) is 18.2 Å². The van der Waals surface area contributed by atoms with Crippen molar-refractivity contribution in [1.82, 2.24) is 9.97 Å². The van der Waals surface area contributed by atoms with Gasteiger partial charge in [0.25, 0.3) is 0 Å². The first-order chi connectivity index (χ1) is 12.8. The normalized spacial score (nSPS) is 11.1. The molecular weight excluding hydrogens is 357 g/mol. The Hall–Kier alpha value is -3.42. The Labute approximate surface area is 153 Å². The molecule has 2 N–H and O–H groups in total. The molecule has 0 saturated carbocycles. The maximum absolute atomic E-state index is 12.8. The zero-order valence-corrected chi connectivity index (χ0v) is 14.2. The predicted octanol–water partition coefficient (Wildman–Crippen LogP) is 5.19. The van der Waals surface area contributed by atoms with E-state index in [0.717, 1.165) is 12.1 Å². The minimum atomic E-state index is -4.42. The molecule has 0 atom stereocenters. The molecule has 0 aliphatic heterocycles. The smallest absolute Gasteiger partial charge is 0.340 e. The van der Waals surface area contributed by atoms with Crippen LogP contribution in [0.25, 0.3) is 0 Å². The molecule has 0 aliphatic rings. The third-order valence-corrected chi connectivity index (χ3v) is 3.64. The highest BCUT2D eigenvalue weighted by molar-refractivity contribution is 5.95. The van der Waals surface area contributed by atoms with Crippen molar-refractivity contribution in [3.05, 3.63) is 71.9 Å². The van der Waals surface area contributed by atoms with E-state index in [1.807, 2.05) is 0 Å². The minimum absolute atomic E-state index is 0.0699. The summed E-state index contributed by atoms with van der Waals surface area (Å²) >= 11 is 0. The van der Waals surface area contributed by atoms with Gasteiger partial charge in [-0.05, 0) is 43.3 Å². The highest BCUT2D eigenvalue weighted by Gasteiger charge is 2.30. The van der Waals surface area contributed by atoms with Crippen LogP contribution in [0.3, 0.4) is 0 Å². The monoisotopic (exact) mass is 372 g/mol. The summed E-state index contributed by atoms with van der Waals surface area (Å²) in [4.78, 5) is 19.8. The SMILES string of the molecule is CC(=O)c1cccc(Nc2nccc(Nc3cccc(C(F)(F)F)c3)n2)c1. The number of hydrogen-bond donors (Lipinski definition) is 2. The van der Waals surface area contributed by atoms with Gasteiger partial charge >= 0.3 is 6.18 Å². The molecule has 0 spiro atoms. The van der Waals surface area contributed by atoms with E-state index in [-0.39, 0.29) is 17.4 Å². The molecule has 1 aromatic heterocycles. The number of ketones is 1. The number of rotatable bonds is 5. The Morgan fingerprint density at radius 3 is 2.37 bits per heavy atom. The van der Waals surface area contributed by atoms with Crippen molar-refractivity contribution >= 4 is 28.9 Å². The van der Waals surface area contributed by atoms with E-state index in [1.165, 1.54) is 31.3 Å². The van der Waals surface area contributed by atoms with Crippen LogP contribution in [-0.4, -0.2) is 15.8 Å². The molecule has 0 aliphatic carbocycles. The highest BCUT2D eigenvalue weighted by Crippen LogP contribution is 2.31. The number of hydrogen-bond acceptors (Lipinski definition) is 5. The maximum atomic E-state index is 12.8. The highest BCUT2D eigenvalue weighted by atomic mass is 19.4. The topological polar surface area (TPSA) is 66.9 Å². The lowest BCUT2D eigenvalue weighted by Crippen LogP contribution is -2.05. The van der Waals surface area contributed by atoms with Gasteiger partial charge < -0.3 is 10.6 Å². The lowest BCUT2D eigenvalue weighted by molar-refractivity contribution is -0.137. The first kappa shape index (κ1) is 18.4. The third kappa shape index (κ3) is 4.81. The van der Waals surface area contributed by atoms with E-state index in [0.29, 0.717) is 17.1 Å². The van der Waals surface area contributed by atoms with Crippen molar-refractivity contribution in [3.63, 3.8) is 0 Å². The summed E-state index contributed by atoms with van der Waals surface area (Å²) < 4.78 is 38.4. The van der Waals surface area contributed by atoms with Crippen molar-refractivity contribution in [1.29, 1.82) is 0 Å². The van der Waals surface area contributed by atoms with Gasteiger partial charge in [0, 0.05) is 23.1 Å². The number of benzene rings is 2. The fourth-order valence-electron chi connectivity index (χ4n) is 2.35. The van der Waals surface area contributed by atoms with Crippen molar-refractivity contribution in [2.75, 3.05) is 10.6 Å². The van der Waals surface area contributed by atoms with Gasteiger partial charge in [-0.3, -0.25) is 4.79 Å². The molecule has 5 nitrogen and oxygen atoms in total. The van der Waals surface area contributed by atoms with E-state index >= 15 is 0 Å². The van der Waals surface area contributed by atoms with E-state index < -0.39 is 11.7 Å². The van der Waals surface area contributed by atoms with Gasteiger partial charge in [-0.1, -0.05) is 18.2 Å². The average Bonchev–Trinajstić information content (AvgIpc) is 2.62. The van der Waals surface area contributed by atoms with E-state index in [2.05, 4.69) is 20.6 Å². The second kappa shape index (κ2) is 7.45. The molecular formula is C19H15F3N4O. The first-order valence-corrected chi connectivity index (χ1v) is 7.96. The van der Waals surface area contributed by atoms with Gasteiger partial charge in [-0.15, -0.1) is 0 Å². The fourth-order valence-corrected chi connectivity index (χ4v) is 2.35. The van der Waals surface area contributed by atoms with Gasteiger partial charge in [-0.25, -0.2) is 4.98 Å². The van der Waals surface area contributed by atoms with Crippen LogP contribution in [0.5, 0.6) is 0 Å². The Kier molecular flexibility index (Phi) is 5.07. The quantitative estimate of drug-likeness (QED) is 0.604.